The van der Waals surface area contributed by atoms with Crippen molar-refractivity contribution in [3.63, 3.8) is 0 Å². The van der Waals surface area contributed by atoms with Crippen LogP contribution in [0.25, 0.3) is 11.1 Å². The van der Waals surface area contributed by atoms with Gasteiger partial charge in [-0.3, -0.25) is 0 Å². The molecule has 4 heteroatoms. The van der Waals surface area contributed by atoms with Crippen LogP contribution in [-0.4, -0.2) is 9.49 Å². The molecule has 0 bridgehead atoms. The third kappa shape index (κ3) is 3.36. The number of rotatable bonds is 7. The largest absolute Gasteiger partial charge is 0.224 e. The highest BCUT2D eigenvalue weighted by Gasteiger charge is 2.19. The SMILES string of the molecule is CCCCCCc1n[pH]nc1C1=C(c2cccs2)C=CC1. The number of nitrogens with zero attached hydrogens (tertiary/aromatic N) is 2. The minimum absolute atomic E-state index is 0.380. The van der Waals surface area contributed by atoms with Crippen molar-refractivity contribution in [1.29, 1.82) is 0 Å². The van der Waals surface area contributed by atoms with Gasteiger partial charge in [0, 0.05) is 4.88 Å². The Morgan fingerprint density at radius 2 is 2.19 bits per heavy atom. The van der Waals surface area contributed by atoms with Gasteiger partial charge in [-0.25, -0.2) is 9.49 Å². The molecule has 1 aliphatic carbocycles. The van der Waals surface area contributed by atoms with Crippen LogP contribution in [0.4, 0.5) is 0 Å². The summed E-state index contributed by atoms with van der Waals surface area (Å²) in [5, 5.41) is 2.14. The fourth-order valence-corrected chi connectivity index (χ4v) is 4.31. The summed E-state index contributed by atoms with van der Waals surface area (Å²) < 4.78 is 9.36. The van der Waals surface area contributed by atoms with Crippen LogP contribution < -0.4 is 0 Å². The maximum atomic E-state index is 4.71. The van der Waals surface area contributed by atoms with Gasteiger partial charge < -0.3 is 0 Å². The second-order valence-corrected chi connectivity index (χ2v) is 7.00. The molecule has 0 aliphatic heterocycles. The molecule has 2 nitrogen and oxygen atoms in total. The van der Waals surface area contributed by atoms with E-state index in [4.69, 9.17) is 4.75 Å². The zero-order valence-corrected chi connectivity index (χ0v) is 14.2. The summed E-state index contributed by atoms with van der Waals surface area (Å²) in [7, 11) is 0.380. The molecule has 0 aromatic carbocycles. The lowest BCUT2D eigenvalue weighted by Crippen LogP contribution is -1.94. The Morgan fingerprint density at radius 3 is 3.00 bits per heavy atom. The summed E-state index contributed by atoms with van der Waals surface area (Å²) in [6.07, 6.45) is 11.8. The first-order valence-corrected chi connectivity index (χ1v) is 9.51. The molecule has 0 amide bonds. The summed E-state index contributed by atoms with van der Waals surface area (Å²) >= 11 is 1.81. The summed E-state index contributed by atoms with van der Waals surface area (Å²) in [4.78, 5) is 1.35. The van der Waals surface area contributed by atoms with Crippen LogP contribution >= 0.6 is 19.8 Å². The van der Waals surface area contributed by atoms with Crippen molar-refractivity contribution in [3.8, 4) is 0 Å². The van der Waals surface area contributed by atoms with Crippen LogP contribution in [-0.2, 0) is 6.42 Å². The number of hydrogen-bond donors (Lipinski definition) is 0. The molecule has 2 aromatic heterocycles. The molecule has 0 saturated heterocycles. The summed E-state index contributed by atoms with van der Waals surface area (Å²) in [6.45, 7) is 2.25. The van der Waals surface area contributed by atoms with E-state index in [1.54, 1.807) is 11.3 Å². The van der Waals surface area contributed by atoms with Crippen LogP contribution in [0.3, 0.4) is 0 Å². The molecule has 1 unspecified atom stereocenters. The second kappa shape index (κ2) is 7.20. The minimum Gasteiger partial charge on any atom is -0.224 e. The highest BCUT2D eigenvalue weighted by molar-refractivity contribution is 7.20. The quantitative estimate of drug-likeness (QED) is 0.625. The Morgan fingerprint density at radius 1 is 1.24 bits per heavy atom. The van der Waals surface area contributed by atoms with E-state index >= 15 is 0 Å². The van der Waals surface area contributed by atoms with Crippen molar-refractivity contribution in [1.82, 2.24) is 9.49 Å². The molecule has 0 radical (unpaired) electrons. The highest BCUT2D eigenvalue weighted by Crippen LogP contribution is 2.38. The predicted octanol–water partition coefficient (Wildman–Crippen LogP) is 5.56. The van der Waals surface area contributed by atoms with Crippen molar-refractivity contribution in [2.75, 3.05) is 0 Å². The summed E-state index contributed by atoms with van der Waals surface area (Å²) in [6, 6.07) is 4.32. The molecule has 3 rings (SSSR count). The Bertz CT molecular complexity index is 638. The fraction of sp³-hybridized carbons (Fsp3) is 0.412. The number of aromatic nitrogens is 2. The smallest absolute Gasteiger partial charge is 0.0946 e. The Kier molecular flexibility index (Phi) is 5.05. The molecule has 0 N–H and O–H groups in total. The normalized spacial score (nSPS) is 14.7. The summed E-state index contributed by atoms with van der Waals surface area (Å²) in [5.74, 6) is 0. The van der Waals surface area contributed by atoms with E-state index in [9.17, 15) is 0 Å². The molecule has 1 aliphatic rings. The molecule has 21 heavy (non-hydrogen) atoms. The van der Waals surface area contributed by atoms with Gasteiger partial charge in [0.15, 0.2) is 0 Å². The van der Waals surface area contributed by atoms with Gasteiger partial charge in [-0.1, -0.05) is 44.4 Å². The van der Waals surface area contributed by atoms with E-state index in [0.717, 1.165) is 12.8 Å². The maximum Gasteiger partial charge on any atom is 0.0946 e. The van der Waals surface area contributed by atoms with Crippen LogP contribution in [0.15, 0.2) is 29.7 Å². The first kappa shape index (κ1) is 14.7. The van der Waals surface area contributed by atoms with E-state index in [1.165, 1.54) is 53.1 Å². The standard InChI is InChI=1S/C17H21N2PS/c1-2-3-4-5-10-15-17(19-20-18-15)14-9-6-8-13(14)16-11-7-12-21-16/h6-8,11-12,20H,2-5,9-10H2,1H3. The highest BCUT2D eigenvalue weighted by atomic mass is 32.1. The third-order valence-electron chi connectivity index (χ3n) is 3.89. The third-order valence-corrected chi connectivity index (χ3v) is 5.49. The molecule has 0 fully saturated rings. The fourth-order valence-electron chi connectivity index (χ4n) is 2.78. The van der Waals surface area contributed by atoms with E-state index < -0.39 is 0 Å². The number of unbranched alkanes of at least 4 members (excludes halogenated alkanes) is 3. The molecular formula is C17H21N2PS. The zero-order chi connectivity index (χ0) is 14.5. The lowest BCUT2D eigenvalue weighted by molar-refractivity contribution is 0.662. The van der Waals surface area contributed by atoms with Gasteiger partial charge in [0.25, 0.3) is 0 Å². The monoisotopic (exact) mass is 316 g/mol. The van der Waals surface area contributed by atoms with E-state index in [1.807, 2.05) is 0 Å². The number of thiophene rings is 1. The molecule has 110 valence electrons. The van der Waals surface area contributed by atoms with Crippen molar-refractivity contribution in [3.05, 3.63) is 45.9 Å². The van der Waals surface area contributed by atoms with E-state index in [2.05, 4.69) is 41.3 Å². The number of hydrogen-bond acceptors (Lipinski definition) is 3. The Balaban J connectivity index is 1.81. The molecule has 0 saturated carbocycles. The van der Waals surface area contributed by atoms with Crippen LogP contribution in [0.5, 0.6) is 0 Å². The van der Waals surface area contributed by atoms with E-state index in [0.29, 0.717) is 8.51 Å². The maximum absolute atomic E-state index is 4.71. The van der Waals surface area contributed by atoms with Crippen LogP contribution in [0.2, 0.25) is 0 Å². The Hall–Kier alpha value is -1.18. The Labute approximate surface area is 132 Å². The first-order valence-electron chi connectivity index (χ1n) is 7.73. The lowest BCUT2D eigenvalue weighted by atomic mass is 10.0. The van der Waals surface area contributed by atoms with Crippen molar-refractivity contribution in [2.24, 2.45) is 0 Å². The molecule has 2 heterocycles. The van der Waals surface area contributed by atoms with E-state index in [-0.39, 0.29) is 0 Å². The van der Waals surface area contributed by atoms with Crippen LogP contribution in [0.1, 0.15) is 55.3 Å². The average Bonchev–Trinajstić information content (AvgIpc) is 3.22. The minimum atomic E-state index is 0.380. The topological polar surface area (TPSA) is 25.8 Å². The summed E-state index contributed by atoms with van der Waals surface area (Å²) in [5.41, 5.74) is 5.18. The molecule has 2 aromatic rings. The van der Waals surface area contributed by atoms with Gasteiger partial charge >= 0.3 is 0 Å². The lowest BCUT2D eigenvalue weighted by Gasteiger charge is -2.06. The van der Waals surface area contributed by atoms with Crippen LogP contribution in [0, 0.1) is 0 Å². The van der Waals surface area contributed by atoms with Gasteiger partial charge in [-0.2, -0.15) is 0 Å². The van der Waals surface area contributed by atoms with Gasteiger partial charge in [-0.15, -0.1) is 11.3 Å². The second-order valence-electron chi connectivity index (χ2n) is 5.41. The van der Waals surface area contributed by atoms with Gasteiger partial charge in [0.1, 0.15) is 0 Å². The average molecular weight is 316 g/mol. The number of aryl methyl sites for hydroxylation is 1. The van der Waals surface area contributed by atoms with Crippen molar-refractivity contribution < 1.29 is 0 Å². The molecule has 1 atom stereocenters. The zero-order valence-electron chi connectivity index (χ0n) is 12.4. The van der Waals surface area contributed by atoms with Gasteiger partial charge in [0.2, 0.25) is 0 Å². The van der Waals surface area contributed by atoms with Gasteiger partial charge in [0.05, 0.1) is 19.9 Å². The molecule has 0 spiro atoms. The van der Waals surface area contributed by atoms with Crippen molar-refractivity contribution in [2.45, 2.75) is 45.4 Å². The van der Waals surface area contributed by atoms with Crippen molar-refractivity contribution >= 4 is 31.0 Å². The predicted molar refractivity (Wildman–Crippen MR) is 94.3 cm³/mol. The van der Waals surface area contributed by atoms with Gasteiger partial charge in [-0.05, 0) is 41.9 Å². The first-order chi connectivity index (χ1) is 10.4. The number of allylic oxidation sites excluding steroid dienone is 4. The molecular weight excluding hydrogens is 295 g/mol.